The van der Waals surface area contributed by atoms with Crippen LogP contribution in [-0.4, -0.2) is 33.4 Å². The van der Waals surface area contributed by atoms with Crippen LogP contribution in [0.2, 0.25) is 0 Å². The Kier molecular flexibility index (Phi) is 5.69. The van der Waals surface area contributed by atoms with Gasteiger partial charge in [0.25, 0.3) is 0 Å². The molecule has 0 bridgehead atoms. The number of nitrogens with one attached hydrogen (secondary N) is 1. The summed E-state index contributed by atoms with van der Waals surface area (Å²) in [6.45, 7) is 4.38. The minimum atomic E-state index is -0.785. The van der Waals surface area contributed by atoms with Crippen LogP contribution in [0, 0.1) is 17.2 Å². The minimum Gasteiger partial charge on any atom is -0.494 e. The second-order valence-electron chi connectivity index (χ2n) is 7.57. The summed E-state index contributed by atoms with van der Waals surface area (Å²) in [5.41, 5.74) is 2.01. The zero-order chi connectivity index (χ0) is 21.1. The van der Waals surface area contributed by atoms with Crippen molar-refractivity contribution in [1.29, 1.82) is 5.26 Å². The fourth-order valence-corrected chi connectivity index (χ4v) is 4.37. The van der Waals surface area contributed by atoms with Crippen molar-refractivity contribution in [1.82, 2.24) is 14.9 Å². The number of ether oxygens (including phenoxy) is 1. The van der Waals surface area contributed by atoms with Crippen LogP contribution in [0.1, 0.15) is 26.7 Å². The van der Waals surface area contributed by atoms with E-state index in [1.165, 1.54) is 11.8 Å². The quantitative estimate of drug-likeness (QED) is 0.549. The molecule has 1 aliphatic rings. The van der Waals surface area contributed by atoms with Gasteiger partial charge in [-0.1, -0.05) is 23.9 Å². The van der Waals surface area contributed by atoms with E-state index in [1.807, 2.05) is 66.9 Å². The zero-order valence-corrected chi connectivity index (χ0v) is 17.9. The lowest BCUT2D eigenvalue weighted by atomic mass is 9.98. The number of hydrogen-bond acceptors (Lipinski definition) is 5. The van der Waals surface area contributed by atoms with Crippen molar-refractivity contribution in [3.8, 4) is 17.5 Å². The second-order valence-corrected chi connectivity index (χ2v) is 8.51. The molecule has 154 valence electrons. The van der Waals surface area contributed by atoms with Crippen molar-refractivity contribution >= 4 is 28.7 Å². The monoisotopic (exact) mass is 420 g/mol. The molecule has 2 aromatic carbocycles. The first-order chi connectivity index (χ1) is 14.5. The minimum absolute atomic E-state index is 0.152. The number of hydrogen-bond donors (Lipinski definition) is 1. The van der Waals surface area contributed by atoms with Gasteiger partial charge in [0.15, 0.2) is 5.16 Å². The van der Waals surface area contributed by atoms with Crippen LogP contribution < -0.4 is 10.1 Å². The van der Waals surface area contributed by atoms with E-state index in [-0.39, 0.29) is 17.6 Å². The Hall–Kier alpha value is -2.98. The van der Waals surface area contributed by atoms with E-state index < -0.39 is 5.54 Å². The number of rotatable bonds is 8. The molecule has 1 heterocycles. The Balaban J connectivity index is 1.57. The summed E-state index contributed by atoms with van der Waals surface area (Å²) in [6, 6.07) is 18.0. The highest BCUT2D eigenvalue weighted by Gasteiger charge is 2.42. The van der Waals surface area contributed by atoms with Gasteiger partial charge < -0.3 is 10.1 Å². The van der Waals surface area contributed by atoms with Gasteiger partial charge in [0.1, 0.15) is 11.3 Å². The summed E-state index contributed by atoms with van der Waals surface area (Å²) in [7, 11) is 0. The average molecular weight is 421 g/mol. The number of carbonyl (C=O) groups is 1. The summed E-state index contributed by atoms with van der Waals surface area (Å²) >= 11 is 1.37. The molecule has 0 spiro atoms. The number of para-hydroxylation sites is 2. The molecule has 0 saturated heterocycles. The largest absolute Gasteiger partial charge is 0.494 e. The van der Waals surface area contributed by atoms with Crippen LogP contribution in [0.5, 0.6) is 5.75 Å². The van der Waals surface area contributed by atoms with Crippen LogP contribution >= 0.6 is 11.8 Å². The highest BCUT2D eigenvalue weighted by atomic mass is 32.2. The molecule has 1 amide bonds. The molecule has 1 N–H and O–H groups in total. The van der Waals surface area contributed by atoms with Gasteiger partial charge in [0.2, 0.25) is 5.91 Å². The van der Waals surface area contributed by atoms with E-state index >= 15 is 0 Å². The van der Waals surface area contributed by atoms with E-state index in [4.69, 9.17) is 9.72 Å². The Morgan fingerprint density at radius 1 is 1.30 bits per heavy atom. The first kappa shape index (κ1) is 20.3. The van der Waals surface area contributed by atoms with Gasteiger partial charge in [-0.25, -0.2) is 4.98 Å². The molecular formula is C23H24N4O2S. The number of aromatic nitrogens is 2. The van der Waals surface area contributed by atoms with Gasteiger partial charge in [0, 0.05) is 5.69 Å². The number of fused-ring (bicyclic) bond motifs is 1. The predicted octanol–water partition coefficient (Wildman–Crippen LogP) is 4.32. The lowest BCUT2D eigenvalue weighted by Gasteiger charge is -2.22. The summed E-state index contributed by atoms with van der Waals surface area (Å²) < 4.78 is 7.60. The molecule has 4 rings (SSSR count). The molecule has 1 unspecified atom stereocenters. The maximum absolute atomic E-state index is 12.6. The SMILES string of the molecule is CCOc1ccc(-n2c(SCC(=O)NC(C)(C#N)C3CC3)nc3ccccc32)cc1. The molecule has 7 heteroatoms. The molecule has 1 saturated carbocycles. The number of carbonyl (C=O) groups excluding carboxylic acids is 1. The molecule has 0 radical (unpaired) electrons. The van der Waals surface area contributed by atoms with E-state index in [0.717, 1.165) is 40.5 Å². The molecule has 0 aliphatic heterocycles. The van der Waals surface area contributed by atoms with Crippen molar-refractivity contribution in [3.05, 3.63) is 48.5 Å². The lowest BCUT2D eigenvalue weighted by molar-refractivity contribution is -0.119. The zero-order valence-electron chi connectivity index (χ0n) is 17.1. The van der Waals surface area contributed by atoms with E-state index in [0.29, 0.717) is 6.61 Å². The highest BCUT2D eigenvalue weighted by Crippen LogP contribution is 2.39. The fourth-order valence-electron chi connectivity index (χ4n) is 3.55. The standard InChI is InChI=1S/C23H24N4O2S/c1-3-29-18-12-10-17(11-13-18)27-20-7-5-4-6-19(20)25-22(27)30-14-21(28)26-23(2,15-24)16-8-9-16/h4-7,10-13,16H,3,8-9,14H2,1-2H3,(H,26,28). The number of thioether (sulfide) groups is 1. The van der Waals surface area contributed by atoms with Crippen LogP contribution in [0.15, 0.2) is 53.7 Å². The Morgan fingerprint density at radius 3 is 2.70 bits per heavy atom. The van der Waals surface area contributed by atoms with Gasteiger partial charge in [0.05, 0.1) is 29.5 Å². The van der Waals surface area contributed by atoms with Crippen molar-refractivity contribution < 1.29 is 9.53 Å². The number of amides is 1. The van der Waals surface area contributed by atoms with Crippen LogP contribution in [0.3, 0.4) is 0 Å². The third kappa shape index (κ3) is 4.14. The normalized spacial score (nSPS) is 15.4. The van der Waals surface area contributed by atoms with Crippen molar-refractivity contribution in [2.45, 2.75) is 37.4 Å². The third-order valence-electron chi connectivity index (χ3n) is 5.29. The molecule has 3 aromatic rings. The number of nitriles is 1. The van der Waals surface area contributed by atoms with Crippen LogP contribution in [0.25, 0.3) is 16.7 Å². The number of imidazole rings is 1. The van der Waals surface area contributed by atoms with Crippen LogP contribution in [-0.2, 0) is 4.79 Å². The summed E-state index contributed by atoms with van der Waals surface area (Å²) in [4.78, 5) is 17.3. The molecule has 1 aliphatic carbocycles. The maximum atomic E-state index is 12.6. The maximum Gasteiger partial charge on any atom is 0.231 e. The Labute approximate surface area is 180 Å². The van der Waals surface area contributed by atoms with Gasteiger partial charge >= 0.3 is 0 Å². The van der Waals surface area contributed by atoms with Gasteiger partial charge in [-0.05, 0) is 69.0 Å². The average Bonchev–Trinajstić information content (AvgIpc) is 3.55. The molecule has 1 fully saturated rings. The summed E-state index contributed by atoms with van der Waals surface area (Å²) in [5, 5.41) is 13.1. The van der Waals surface area contributed by atoms with Crippen molar-refractivity contribution in [3.63, 3.8) is 0 Å². The molecule has 6 nitrogen and oxygen atoms in total. The molecule has 1 aromatic heterocycles. The molecule has 30 heavy (non-hydrogen) atoms. The fraction of sp³-hybridized carbons (Fsp3) is 0.348. The highest BCUT2D eigenvalue weighted by molar-refractivity contribution is 7.99. The smallest absolute Gasteiger partial charge is 0.231 e. The van der Waals surface area contributed by atoms with Gasteiger partial charge in [-0.3, -0.25) is 9.36 Å². The number of benzene rings is 2. The summed E-state index contributed by atoms with van der Waals surface area (Å²) in [5.74, 6) is 1.12. The second kappa shape index (κ2) is 8.41. The first-order valence-corrected chi connectivity index (χ1v) is 11.1. The van der Waals surface area contributed by atoms with Crippen molar-refractivity contribution in [2.24, 2.45) is 5.92 Å². The lowest BCUT2D eigenvalue weighted by Crippen LogP contribution is -2.47. The topological polar surface area (TPSA) is 79.9 Å². The van der Waals surface area contributed by atoms with E-state index in [2.05, 4.69) is 11.4 Å². The third-order valence-corrected chi connectivity index (χ3v) is 6.23. The van der Waals surface area contributed by atoms with Gasteiger partial charge in [-0.2, -0.15) is 5.26 Å². The molecular weight excluding hydrogens is 396 g/mol. The Morgan fingerprint density at radius 2 is 2.03 bits per heavy atom. The van der Waals surface area contributed by atoms with E-state index in [9.17, 15) is 10.1 Å². The van der Waals surface area contributed by atoms with Crippen molar-refractivity contribution in [2.75, 3.05) is 12.4 Å². The van der Waals surface area contributed by atoms with E-state index in [1.54, 1.807) is 0 Å². The van der Waals surface area contributed by atoms with Gasteiger partial charge in [-0.15, -0.1) is 0 Å². The Bertz CT molecular complexity index is 1100. The first-order valence-electron chi connectivity index (χ1n) is 10.1. The predicted molar refractivity (Wildman–Crippen MR) is 118 cm³/mol. The number of nitrogens with zero attached hydrogens (tertiary/aromatic N) is 3. The summed E-state index contributed by atoms with van der Waals surface area (Å²) in [6.07, 6.45) is 1.98. The molecule has 1 atom stereocenters. The van der Waals surface area contributed by atoms with Crippen LogP contribution in [0.4, 0.5) is 0 Å².